The second kappa shape index (κ2) is 8.64. The summed E-state index contributed by atoms with van der Waals surface area (Å²) >= 11 is 1.13. The highest BCUT2D eigenvalue weighted by molar-refractivity contribution is 7.99. The standard InChI is InChI=1S/C20H19N3O3S/c1-3-26-18(24)13-27-20-22-17-7-5-4-6-16(17)19(25)23(20)21-12-15-10-8-14(2)9-11-15/h4-12H,3,13H2,1-2H3/b21-12-. The number of hydrogen-bond acceptors (Lipinski definition) is 6. The maximum atomic E-state index is 12.9. The highest BCUT2D eigenvalue weighted by atomic mass is 32.2. The average Bonchev–Trinajstić information content (AvgIpc) is 2.67. The van der Waals surface area contributed by atoms with Crippen LogP contribution in [0.25, 0.3) is 10.9 Å². The molecule has 0 radical (unpaired) electrons. The van der Waals surface area contributed by atoms with Crippen LogP contribution in [-0.4, -0.2) is 34.2 Å². The van der Waals surface area contributed by atoms with E-state index in [0.29, 0.717) is 22.7 Å². The van der Waals surface area contributed by atoms with Gasteiger partial charge < -0.3 is 4.74 Å². The third-order valence-electron chi connectivity index (χ3n) is 3.75. The van der Waals surface area contributed by atoms with E-state index in [4.69, 9.17) is 4.74 Å². The van der Waals surface area contributed by atoms with Gasteiger partial charge in [0.2, 0.25) is 0 Å². The molecule has 0 fully saturated rings. The van der Waals surface area contributed by atoms with Crippen molar-refractivity contribution < 1.29 is 9.53 Å². The predicted molar refractivity (Wildman–Crippen MR) is 108 cm³/mol. The molecule has 0 aliphatic heterocycles. The highest BCUT2D eigenvalue weighted by Gasteiger charge is 2.13. The number of carbonyl (C=O) groups is 1. The Morgan fingerprint density at radius 3 is 2.70 bits per heavy atom. The molecule has 7 heteroatoms. The Morgan fingerprint density at radius 2 is 1.96 bits per heavy atom. The van der Waals surface area contributed by atoms with E-state index in [2.05, 4.69) is 10.1 Å². The van der Waals surface area contributed by atoms with Gasteiger partial charge in [-0.2, -0.15) is 9.78 Å². The van der Waals surface area contributed by atoms with E-state index in [1.54, 1.807) is 31.3 Å². The third kappa shape index (κ3) is 4.62. The first kappa shape index (κ1) is 18.8. The fourth-order valence-electron chi connectivity index (χ4n) is 2.40. The van der Waals surface area contributed by atoms with E-state index in [0.717, 1.165) is 22.9 Å². The number of para-hydroxylation sites is 1. The van der Waals surface area contributed by atoms with Gasteiger partial charge >= 0.3 is 5.97 Å². The van der Waals surface area contributed by atoms with Crippen LogP contribution in [0.1, 0.15) is 18.1 Å². The van der Waals surface area contributed by atoms with Crippen LogP contribution in [0.15, 0.2) is 63.6 Å². The van der Waals surface area contributed by atoms with Gasteiger partial charge in [-0.1, -0.05) is 53.7 Å². The van der Waals surface area contributed by atoms with Crippen molar-refractivity contribution in [3.8, 4) is 0 Å². The Balaban J connectivity index is 2.00. The van der Waals surface area contributed by atoms with Crippen LogP contribution >= 0.6 is 11.8 Å². The number of ether oxygens (including phenoxy) is 1. The number of esters is 1. The van der Waals surface area contributed by atoms with Gasteiger partial charge in [-0.25, -0.2) is 4.98 Å². The molecule has 0 unspecified atom stereocenters. The van der Waals surface area contributed by atoms with Crippen molar-refractivity contribution >= 4 is 34.8 Å². The molecular weight excluding hydrogens is 362 g/mol. The van der Waals surface area contributed by atoms with Crippen molar-refractivity contribution in [2.75, 3.05) is 12.4 Å². The van der Waals surface area contributed by atoms with Crippen molar-refractivity contribution in [3.63, 3.8) is 0 Å². The summed E-state index contributed by atoms with van der Waals surface area (Å²) in [7, 11) is 0. The Labute approximate surface area is 160 Å². The largest absolute Gasteiger partial charge is 0.465 e. The molecule has 1 aromatic heterocycles. The van der Waals surface area contributed by atoms with Crippen LogP contribution in [0.4, 0.5) is 0 Å². The molecule has 3 rings (SSSR count). The topological polar surface area (TPSA) is 73.5 Å². The van der Waals surface area contributed by atoms with Gasteiger partial charge in [-0.3, -0.25) is 9.59 Å². The number of rotatable bonds is 6. The molecule has 138 valence electrons. The van der Waals surface area contributed by atoms with Crippen LogP contribution in [0.3, 0.4) is 0 Å². The maximum absolute atomic E-state index is 12.9. The molecular formula is C20H19N3O3S. The fraction of sp³-hybridized carbons (Fsp3) is 0.200. The van der Waals surface area contributed by atoms with Crippen LogP contribution in [0.2, 0.25) is 0 Å². The molecule has 3 aromatic rings. The first-order valence-corrected chi connectivity index (χ1v) is 9.48. The lowest BCUT2D eigenvalue weighted by atomic mass is 10.2. The van der Waals surface area contributed by atoms with E-state index < -0.39 is 0 Å². The predicted octanol–water partition coefficient (Wildman–Crippen LogP) is 3.24. The minimum absolute atomic E-state index is 0.0542. The number of thioether (sulfide) groups is 1. The summed E-state index contributed by atoms with van der Waals surface area (Å²) < 4.78 is 6.18. The monoisotopic (exact) mass is 381 g/mol. The SMILES string of the molecule is CCOC(=O)CSc1nc2ccccc2c(=O)n1/N=C\c1ccc(C)cc1. The minimum Gasteiger partial charge on any atom is -0.465 e. The number of carbonyl (C=O) groups excluding carboxylic acids is 1. The summed E-state index contributed by atoms with van der Waals surface area (Å²) in [5.74, 6) is -0.308. The lowest BCUT2D eigenvalue weighted by Gasteiger charge is -2.08. The highest BCUT2D eigenvalue weighted by Crippen LogP contribution is 2.18. The molecule has 2 aromatic carbocycles. The minimum atomic E-state index is -0.362. The Morgan fingerprint density at radius 1 is 1.22 bits per heavy atom. The molecule has 6 nitrogen and oxygen atoms in total. The van der Waals surface area contributed by atoms with E-state index in [-0.39, 0.29) is 17.3 Å². The Hall–Kier alpha value is -2.93. The summed E-state index contributed by atoms with van der Waals surface area (Å²) in [4.78, 5) is 29.1. The second-order valence-corrected chi connectivity index (χ2v) is 6.72. The fourth-order valence-corrected chi connectivity index (χ4v) is 3.15. The van der Waals surface area contributed by atoms with E-state index in [9.17, 15) is 9.59 Å². The molecule has 0 saturated carbocycles. The lowest BCUT2D eigenvalue weighted by Crippen LogP contribution is -2.21. The first-order chi connectivity index (χ1) is 13.1. The summed E-state index contributed by atoms with van der Waals surface area (Å²) in [6.07, 6.45) is 1.60. The molecule has 1 heterocycles. The summed E-state index contributed by atoms with van der Waals surface area (Å²) in [6, 6.07) is 14.9. The van der Waals surface area contributed by atoms with Crippen LogP contribution in [-0.2, 0) is 9.53 Å². The number of benzene rings is 2. The molecule has 0 atom stereocenters. The Bertz CT molecular complexity index is 1040. The normalized spacial score (nSPS) is 11.2. The summed E-state index contributed by atoms with van der Waals surface area (Å²) in [6.45, 7) is 4.06. The quantitative estimate of drug-likeness (QED) is 0.284. The molecule has 27 heavy (non-hydrogen) atoms. The molecule has 0 aliphatic carbocycles. The number of aromatic nitrogens is 2. The zero-order valence-electron chi connectivity index (χ0n) is 15.1. The maximum Gasteiger partial charge on any atom is 0.316 e. The number of fused-ring (bicyclic) bond motifs is 1. The van der Waals surface area contributed by atoms with Crippen molar-refractivity contribution in [2.45, 2.75) is 19.0 Å². The smallest absolute Gasteiger partial charge is 0.316 e. The van der Waals surface area contributed by atoms with Gasteiger partial charge in [0.15, 0.2) is 5.16 Å². The van der Waals surface area contributed by atoms with Crippen LogP contribution < -0.4 is 5.56 Å². The Kier molecular flexibility index (Phi) is 6.03. The van der Waals surface area contributed by atoms with E-state index >= 15 is 0 Å². The van der Waals surface area contributed by atoms with E-state index in [1.807, 2.05) is 37.3 Å². The van der Waals surface area contributed by atoms with Gasteiger partial charge in [0, 0.05) is 0 Å². The lowest BCUT2D eigenvalue weighted by molar-refractivity contribution is -0.139. The van der Waals surface area contributed by atoms with Crippen molar-refractivity contribution in [1.29, 1.82) is 0 Å². The molecule has 0 saturated heterocycles. The molecule has 0 aliphatic rings. The second-order valence-electron chi connectivity index (χ2n) is 5.78. The molecule has 0 spiro atoms. The molecule has 0 amide bonds. The zero-order valence-corrected chi connectivity index (χ0v) is 15.9. The average molecular weight is 381 g/mol. The first-order valence-electron chi connectivity index (χ1n) is 8.49. The number of nitrogens with zero attached hydrogens (tertiary/aromatic N) is 3. The van der Waals surface area contributed by atoms with Gasteiger partial charge in [0.05, 0.1) is 29.5 Å². The van der Waals surface area contributed by atoms with Crippen molar-refractivity contribution in [2.24, 2.45) is 5.10 Å². The van der Waals surface area contributed by atoms with Crippen LogP contribution in [0.5, 0.6) is 0 Å². The molecule has 0 bridgehead atoms. The van der Waals surface area contributed by atoms with E-state index in [1.165, 1.54) is 4.68 Å². The van der Waals surface area contributed by atoms with Gasteiger partial charge in [0.25, 0.3) is 5.56 Å². The van der Waals surface area contributed by atoms with Gasteiger partial charge in [-0.15, -0.1) is 0 Å². The summed E-state index contributed by atoms with van der Waals surface area (Å²) in [5.41, 5.74) is 2.29. The molecule has 0 N–H and O–H groups in total. The van der Waals surface area contributed by atoms with Gasteiger partial charge in [-0.05, 0) is 31.5 Å². The van der Waals surface area contributed by atoms with Crippen molar-refractivity contribution in [3.05, 3.63) is 70.0 Å². The van der Waals surface area contributed by atoms with Crippen LogP contribution in [0, 0.1) is 6.92 Å². The zero-order chi connectivity index (χ0) is 19.2. The number of aryl methyl sites for hydroxylation is 1. The third-order valence-corrected chi connectivity index (χ3v) is 4.65. The van der Waals surface area contributed by atoms with Crippen molar-refractivity contribution in [1.82, 2.24) is 9.66 Å². The number of hydrogen-bond donors (Lipinski definition) is 0. The van der Waals surface area contributed by atoms with Gasteiger partial charge in [0.1, 0.15) is 0 Å². The summed E-state index contributed by atoms with van der Waals surface area (Å²) in [5, 5.41) is 5.14.